The minimum Gasteiger partial charge on any atom is -0.481 e. The SMILES string of the molecule is CSCC(=O)N[C@@H](CCC(=O)O)C(=O)O. The van der Waals surface area contributed by atoms with E-state index >= 15 is 0 Å². The van der Waals surface area contributed by atoms with Crippen molar-refractivity contribution in [1.29, 1.82) is 0 Å². The quantitative estimate of drug-likeness (QED) is 0.563. The van der Waals surface area contributed by atoms with Crippen LogP contribution in [-0.2, 0) is 14.4 Å². The van der Waals surface area contributed by atoms with E-state index in [1.807, 2.05) is 0 Å². The third-order valence-corrected chi connectivity index (χ3v) is 2.11. The number of thioether (sulfide) groups is 1. The Bertz CT molecular complexity index is 255. The summed E-state index contributed by atoms with van der Waals surface area (Å²) in [5.74, 6) is -2.54. The van der Waals surface area contributed by atoms with Gasteiger partial charge in [0.2, 0.25) is 5.91 Å². The number of carbonyl (C=O) groups excluding carboxylic acids is 1. The van der Waals surface area contributed by atoms with Crippen molar-refractivity contribution in [3.63, 3.8) is 0 Å². The van der Waals surface area contributed by atoms with E-state index in [4.69, 9.17) is 10.2 Å². The largest absolute Gasteiger partial charge is 0.481 e. The van der Waals surface area contributed by atoms with Crippen LogP contribution in [-0.4, -0.2) is 46.1 Å². The predicted molar refractivity (Wildman–Crippen MR) is 54.8 cm³/mol. The van der Waals surface area contributed by atoms with Crippen molar-refractivity contribution in [3.8, 4) is 0 Å². The number of aliphatic carboxylic acids is 2. The Kier molecular flexibility index (Phi) is 6.52. The highest BCUT2D eigenvalue weighted by atomic mass is 32.2. The molecular formula is C8H13NO5S. The van der Waals surface area contributed by atoms with E-state index in [1.165, 1.54) is 11.8 Å². The second-order valence-corrected chi connectivity index (χ2v) is 3.69. The van der Waals surface area contributed by atoms with E-state index in [1.54, 1.807) is 6.26 Å². The van der Waals surface area contributed by atoms with Crippen molar-refractivity contribution in [2.45, 2.75) is 18.9 Å². The summed E-state index contributed by atoms with van der Waals surface area (Å²) in [7, 11) is 0. The Morgan fingerprint density at radius 3 is 2.33 bits per heavy atom. The van der Waals surface area contributed by atoms with Gasteiger partial charge in [0, 0.05) is 6.42 Å². The van der Waals surface area contributed by atoms with E-state index < -0.39 is 23.9 Å². The lowest BCUT2D eigenvalue weighted by molar-refractivity contribution is -0.142. The zero-order valence-corrected chi connectivity index (χ0v) is 9.04. The monoisotopic (exact) mass is 235 g/mol. The molecule has 0 bridgehead atoms. The predicted octanol–water partition coefficient (Wildman–Crippen LogP) is -0.216. The van der Waals surface area contributed by atoms with Gasteiger partial charge < -0.3 is 15.5 Å². The fourth-order valence-corrected chi connectivity index (χ4v) is 1.24. The molecule has 7 heteroatoms. The summed E-state index contributed by atoms with van der Waals surface area (Å²) in [6, 6.07) is -1.12. The molecule has 0 saturated carbocycles. The molecule has 0 aliphatic rings. The summed E-state index contributed by atoms with van der Waals surface area (Å²) in [6.07, 6.45) is 1.33. The summed E-state index contributed by atoms with van der Waals surface area (Å²) >= 11 is 1.27. The average Bonchev–Trinajstić information content (AvgIpc) is 2.11. The molecule has 0 aliphatic heterocycles. The summed E-state index contributed by atoms with van der Waals surface area (Å²) in [5.41, 5.74) is 0. The topological polar surface area (TPSA) is 104 Å². The summed E-state index contributed by atoms with van der Waals surface area (Å²) in [5, 5.41) is 19.3. The highest BCUT2D eigenvalue weighted by Crippen LogP contribution is 1.99. The molecule has 0 unspecified atom stereocenters. The lowest BCUT2D eigenvalue weighted by atomic mass is 10.1. The van der Waals surface area contributed by atoms with E-state index in [0.29, 0.717) is 0 Å². The highest BCUT2D eigenvalue weighted by Gasteiger charge is 2.20. The number of carbonyl (C=O) groups is 3. The first-order valence-corrected chi connectivity index (χ1v) is 5.59. The van der Waals surface area contributed by atoms with Gasteiger partial charge in [-0.3, -0.25) is 9.59 Å². The van der Waals surface area contributed by atoms with Crippen LogP contribution in [0.1, 0.15) is 12.8 Å². The van der Waals surface area contributed by atoms with Gasteiger partial charge in [-0.1, -0.05) is 0 Å². The zero-order valence-electron chi connectivity index (χ0n) is 8.23. The number of hydrogen-bond acceptors (Lipinski definition) is 4. The number of nitrogens with one attached hydrogen (secondary N) is 1. The third-order valence-electron chi connectivity index (χ3n) is 1.56. The van der Waals surface area contributed by atoms with Crippen molar-refractivity contribution in [2.24, 2.45) is 0 Å². The minimum atomic E-state index is -1.22. The molecule has 1 amide bonds. The molecule has 0 rings (SSSR count). The number of carboxylic acid groups (broad SMARTS) is 2. The molecule has 15 heavy (non-hydrogen) atoms. The van der Waals surface area contributed by atoms with Crippen LogP contribution in [0.5, 0.6) is 0 Å². The lowest BCUT2D eigenvalue weighted by Gasteiger charge is -2.12. The van der Waals surface area contributed by atoms with Crippen LogP contribution in [0.15, 0.2) is 0 Å². The van der Waals surface area contributed by atoms with Crippen LogP contribution in [0.2, 0.25) is 0 Å². The van der Waals surface area contributed by atoms with Gasteiger partial charge in [-0.05, 0) is 12.7 Å². The van der Waals surface area contributed by atoms with Crippen molar-refractivity contribution in [2.75, 3.05) is 12.0 Å². The molecule has 0 heterocycles. The summed E-state index contributed by atoms with van der Waals surface area (Å²) in [6.45, 7) is 0. The molecule has 0 aliphatic carbocycles. The molecule has 86 valence electrons. The van der Waals surface area contributed by atoms with Gasteiger partial charge in [-0.15, -0.1) is 0 Å². The normalized spacial score (nSPS) is 11.8. The minimum absolute atomic E-state index is 0.106. The van der Waals surface area contributed by atoms with E-state index in [2.05, 4.69) is 5.32 Å². The molecule has 6 nitrogen and oxygen atoms in total. The molecule has 0 aromatic heterocycles. The zero-order chi connectivity index (χ0) is 11.8. The maximum atomic E-state index is 11.1. The van der Waals surface area contributed by atoms with Gasteiger partial charge >= 0.3 is 11.9 Å². The van der Waals surface area contributed by atoms with Gasteiger partial charge in [0.05, 0.1) is 5.75 Å². The van der Waals surface area contributed by atoms with Gasteiger partial charge in [0.1, 0.15) is 6.04 Å². The van der Waals surface area contributed by atoms with Gasteiger partial charge in [-0.25, -0.2) is 4.79 Å². The molecule has 0 aromatic rings. The van der Waals surface area contributed by atoms with E-state index in [0.717, 1.165) is 0 Å². The van der Waals surface area contributed by atoms with Crippen LogP contribution in [0.3, 0.4) is 0 Å². The molecule has 0 aromatic carbocycles. The first kappa shape index (κ1) is 13.8. The lowest BCUT2D eigenvalue weighted by Crippen LogP contribution is -2.41. The Labute approximate surface area is 91.0 Å². The third kappa shape index (κ3) is 6.78. The Balaban J connectivity index is 4.10. The maximum absolute atomic E-state index is 11.1. The van der Waals surface area contributed by atoms with Crippen LogP contribution in [0.25, 0.3) is 0 Å². The highest BCUT2D eigenvalue weighted by molar-refractivity contribution is 7.99. The Morgan fingerprint density at radius 2 is 1.93 bits per heavy atom. The van der Waals surface area contributed by atoms with Gasteiger partial charge in [0.25, 0.3) is 0 Å². The Hall–Kier alpha value is -1.24. The maximum Gasteiger partial charge on any atom is 0.326 e. The molecule has 0 spiro atoms. The number of amides is 1. The van der Waals surface area contributed by atoms with Crippen molar-refractivity contribution < 1.29 is 24.6 Å². The molecule has 0 radical (unpaired) electrons. The fraction of sp³-hybridized carbons (Fsp3) is 0.625. The molecule has 0 fully saturated rings. The molecule has 3 N–H and O–H groups in total. The van der Waals surface area contributed by atoms with Crippen molar-refractivity contribution in [3.05, 3.63) is 0 Å². The van der Waals surface area contributed by atoms with Gasteiger partial charge in [0.15, 0.2) is 0 Å². The van der Waals surface area contributed by atoms with Crippen LogP contribution < -0.4 is 5.32 Å². The van der Waals surface area contributed by atoms with Crippen LogP contribution in [0, 0.1) is 0 Å². The van der Waals surface area contributed by atoms with Crippen molar-refractivity contribution >= 4 is 29.6 Å². The van der Waals surface area contributed by atoms with Crippen LogP contribution >= 0.6 is 11.8 Å². The number of hydrogen-bond donors (Lipinski definition) is 3. The van der Waals surface area contributed by atoms with E-state index in [-0.39, 0.29) is 18.6 Å². The molecular weight excluding hydrogens is 222 g/mol. The standard InChI is InChI=1S/C8H13NO5S/c1-15-4-6(10)9-5(8(13)14)2-3-7(11)12/h5H,2-4H2,1H3,(H,9,10)(H,11,12)(H,13,14)/t5-/m0/s1. The summed E-state index contributed by atoms with van der Waals surface area (Å²) < 4.78 is 0. The number of carboxylic acids is 2. The molecule has 1 atom stereocenters. The summed E-state index contributed by atoms with van der Waals surface area (Å²) in [4.78, 5) is 31.9. The Morgan fingerprint density at radius 1 is 1.33 bits per heavy atom. The average molecular weight is 235 g/mol. The second kappa shape index (κ2) is 7.10. The number of rotatable bonds is 7. The van der Waals surface area contributed by atoms with Crippen LogP contribution in [0.4, 0.5) is 0 Å². The van der Waals surface area contributed by atoms with E-state index in [9.17, 15) is 14.4 Å². The molecule has 0 saturated heterocycles. The second-order valence-electron chi connectivity index (χ2n) is 2.82. The van der Waals surface area contributed by atoms with Gasteiger partial charge in [-0.2, -0.15) is 11.8 Å². The first-order valence-electron chi connectivity index (χ1n) is 4.20. The van der Waals surface area contributed by atoms with Crippen molar-refractivity contribution in [1.82, 2.24) is 5.32 Å². The fourth-order valence-electron chi connectivity index (χ4n) is 0.892. The first-order chi connectivity index (χ1) is 6.97. The smallest absolute Gasteiger partial charge is 0.326 e.